The van der Waals surface area contributed by atoms with Gasteiger partial charge in [-0.3, -0.25) is 4.79 Å². The molecular formula is C16H17BrN2O2S. The van der Waals surface area contributed by atoms with Crippen molar-refractivity contribution in [1.82, 2.24) is 5.32 Å². The lowest BCUT2D eigenvalue weighted by molar-refractivity contribution is -0.126. The van der Waals surface area contributed by atoms with Crippen LogP contribution in [0, 0.1) is 23.2 Å². The minimum atomic E-state index is -0.220. The van der Waals surface area contributed by atoms with E-state index < -0.39 is 0 Å². The maximum Gasteiger partial charge on any atom is 0.224 e. The molecule has 1 aromatic carbocycles. The zero-order chi connectivity index (χ0) is 15.9. The molecule has 22 heavy (non-hydrogen) atoms. The summed E-state index contributed by atoms with van der Waals surface area (Å²) in [7, 11) is 0. The van der Waals surface area contributed by atoms with Crippen molar-refractivity contribution in [2.75, 3.05) is 6.54 Å². The predicted octanol–water partition coefficient (Wildman–Crippen LogP) is 2.63. The van der Waals surface area contributed by atoms with E-state index >= 15 is 0 Å². The minimum absolute atomic E-state index is 0.0141. The van der Waals surface area contributed by atoms with Gasteiger partial charge in [-0.15, -0.1) is 0 Å². The molecule has 0 heterocycles. The van der Waals surface area contributed by atoms with Crippen LogP contribution in [-0.2, 0) is 16.1 Å². The number of nitrogens with zero attached hydrogens (tertiary/aromatic N) is 1. The van der Waals surface area contributed by atoms with E-state index in [0.717, 1.165) is 40.6 Å². The first-order valence-electron chi connectivity index (χ1n) is 7.24. The lowest BCUT2D eigenvalue weighted by Gasteiger charge is -2.30. The number of hydrogen-bond donors (Lipinski definition) is 1. The zero-order valence-corrected chi connectivity index (χ0v) is 14.5. The Morgan fingerprint density at radius 2 is 1.91 bits per heavy atom. The van der Waals surface area contributed by atoms with Gasteiger partial charge in [-0.2, -0.15) is 5.26 Å². The molecule has 1 fully saturated rings. The van der Waals surface area contributed by atoms with Gasteiger partial charge < -0.3 is 5.32 Å². The topological polar surface area (TPSA) is 70.0 Å². The van der Waals surface area contributed by atoms with E-state index in [-0.39, 0.29) is 24.3 Å². The van der Waals surface area contributed by atoms with Crippen LogP contribution < -0.4 is 5.32 Å². The summed E-state index contributed by atoms with van der Waals surface area (Å²) in [4.78, 5) is 13.0. The first-order chi connectivity index (χ1) is 10.7. The van der Waals surface area contributed by atoms with Crippen molar-refractivity contribution < 1.29 is 9.00 Å². The van der Waals surface area contributed by atoms with Gasteiger partial charge in [0.1, 0.15) is 6.54 Å². The summed E-state index contributed by atoms with van der Waals surface area (Å²) in [5.74, 6) is -0.395. The Morgan fingerprint density at radius 1 is 1.27 bits per heavy atom. The summed E-state index contributed by atoms with van der Waals surface area (Å²) in [5, 5.41) is 11.2. The molecule has 2 atom stereocenters. The second kappa shape index (κ2) is 8.25. The smallest absolute Gasteiger partial charge is 0.224 e. The van der Waals surface area contributed by atoms with Gasteiger partial charge in [-0.05, 0) is 30.5 Å². The summed E-state index contributed by atoms with van der Waals surface area (Å²) in [6.45, 7) is 0.0141. The van der Waals surface area contributed by atoms with Crippen LogP contribution in [0.2, 0.25) is 0 Å². The Bertz CT molecular complexity index is 633. The van der Waals surface area contributed by atoms with E-state index in [1.165, 1.54) is 0 Å². The third kappa shape index (κ3) is 4.05. The van der Waals surface area contributed by atoms with Gasteiger partial charge in [0.05, 0.1) is 22.2 Å². The summed E-state index contributed by atoms with van der Waals surface area (Å²) in [6, 6.07) is 9.54. The maximum absolute atomic E-state index is 12.3. The molecule has 6 heteroatoms. The molecule has 1 aliphatic carbocycles. The Balaban J connectivity index is 2.25. The molecule has 2 rings (SSSR count). The largest absolute Gasteiger partial charge is 0.343 e. The lowest BCUT2D eigenvalue weighted by Crippen LogP contribution is -2.40. The van der Waals surface area contributed by atoms with Crippen molar-refractivity contribution in [2.24, 2.45) is 11.8 Å². The first-order valence-corrected chi connectivity index (χ1v) is 8.78. The van der Waals surface area contributed by atoms with Crippen molar-refractivity contribution in [3.05, 3.63) is 34.3 Å². The standard InChI is InChI=1S/C16H17BrN2O2S/c17-12-7-5-11(6-8-12)15(22-21)13-3-1-2-4-14(13)16(20)19-10-9-18/h5-8,13-14H,1-4,10H2,(H,19,20)/t13-,14-/m0/s1. The molecule has 0 aromatic heterocycles. The van der Waals surface area contributed by atoms with Crippen LogP contribution in [0.4, 0.5) is 0 Å². The van der Waals surface area contributed by atoms with Crippen molar-refractivity contribution in [2.45, 2.75) is 25.7 Å². The Morgan fingerprint density at radius 3 is 2.50 bits per heavy atom. The number of rotatable bonds is 4. The van der Waals surface area contributed by atoms with Gasteiger partial charge in [0.2, 0.25) is 5.91 Å². The van der Waals surface area contributed by atoms with Crippen molar-refractivity contribution in [3.8, 4) is 6.07 Å². The monoisotopic (exact) mass is 380 g/mol. The summed E-state index contributed by atoms with van der Waals surface area (Å²) < 4.78 is 12.6. The summed E-state index contributed by atoms with van der Waals surface area (Å²) in [6.07, 6.45) is 3.61. The fourth-order valence-electron chi connectivity index (χ4n) is 2.95. The number of nitriles is 1. The second-order valence-electron chi connectivity index (χ2n) is 5.33. The van der Waals surface area contributed by atoms with Crippen molar-refractivity contribution >= 4 is 38.0 Å². The van der Waals surface area contributed by atoms with Gasteiger partial charge in [-0.25, -0.2) is 4.21 Å². The third-order valence-corrected chi connectivity index (χ3v) is 5.25. The highest BCUT2D eigenvalue weighted by Crippen LogP contribution is 2.33. The normalized spacial score (nSPS) is 20.7. The molecule has 1 aromatic rings. The Kier molecular flexibility index (Phi) is 6.34. The number of amides is 1. The van der Waals surface area contributed by atoms with Crippen LogP contribution in [0.5, 0.6) is 0 Å². The number of carbonyl (C=O) groups excluding carboxylic acids is 1. The summed E-state index contributed by atoms with van der Waals surface area (Å²) >= 11 is 3.87. The van der Waals surface area contributed by atoms with E-state index in [1.807, 2.05) is 30.3 Å². The molecule has 1 saturated carbocycles. The molecule has 0 spiro atoms. The van der Waals surface area contributed by atoms with Gasteiger partial charge in [0.15, 0.2) is 0 Å². The second-order valence-corrected chi connectivity index (χ2v) is 6.85. The molecule has 0 aliphatic heterocycles. The third-order valence-electron chi connectivity index (χ3n) is 4.00. The van der Waals surface area contributed by atoms with Gasteiger partial charge in [0, 0.05) is 16.3 Å². The highest BCUT2D eigenvalue weighted by molar-refractivity contribution is 9.10. The van der Waals surface area contributed by atoms with Crippen LogP contribution in [-0.4, -0.2) is 21.5 Å². The van der Waals surface area contributed by atoms with E-state index in [9.17, 15) is 9.00 Å². The fourth-order valence-corrected chi connectivity index (χ4v) is 3.86. The van der Waals surface area contributed by atoms with E-state index in [2.05, 4.69) is 21.2 Å². The molecule has 0 unspecified atom stereocenters. The number of nitrogens with one attached hydrogen (secondary N) is 1. The molecule has 0 radical (unpaired) electrons. The predicted molar refractivity (Wildman–Crippen MR) is 90.5 cm³/mol. The van der Waals surface area contributed by atoms with Crippen molar-refractivity contribution in [1.29, 1.82) is 5.26 Å². The fraction of sp³-hybridized carbons (Fsp3) is 0.438. The van der Waals surface area contributed by atoms with Crippen LogP contribution in [0.3, 0.4) is 0 Å². The highest BCUT2D eigenvalue weighted by atomic mass is 79.9. The first kappa shape index (κ1) is 16.9. The molecule has 4 nitrogen and oxygen atoms in total. The molecule has 1 N–H and O–H groups in total. The molecule has 1 aliphatic rings. The molecule has 116 valence electrons. The van der Waals surface area contributed by atoms with Crippen LogP contribution >= 0.6 is 15.9 Å². The van der Waals surface area contributed by atoms with Crippen LogP contribution in [0.1, 0.15) is 31.2 Å². The average molecular weight is 381 g/mol. The lowest BCUT2D eigenvalue weighted by atomic mass is 9.75. The van der Waals surface area contributed by atoms with Crippen LogP contribution in [0.15, 0.2) is 28.7 Å². The molecular weight excluding hydrogens is 364 g/mol. The molecule has 1 amide bonds. The van der Waals surface area contributed by atoms with Gasteiger partial charge >= 0.3 is 0 Å². The maximum atomic E-state index is 12.3. The van der Waals surface area contributed by atoms with E-state index in [0.29, 0.717) is 11.3 Å². The number of hydrogen-bond acceptors (Lipinski definition) is 3. The Labute approximate surface area is 142 Å². The van der Waals surface area contributed by atoms with Crippen molar-refractivity contribution in [3.63, 3.8) is 0 Å². The number of carbonyl (C=O) groups is 1. The van der Waals surface area contributed by atoms with Crippen LogP contribution in [0.25, 0.3) is 0 Å². The number of halogens is 1. The molecule has 0 bridgehead atoms. The highest BCUT2D eigenvalue weighted by Gasteiger charge is 2.34. The summed E-state index contributed by atoms with van der Waals surface area (Å²) in [5.41, 5.74) is 0.883. The van der Waals surface area contributed by atoms with Gasteiger partial charge in [-0.1, -0.05) is 40.9 Å². The molecule has 0 saturated heterocycles. The van der Waals surface area contributed by atoms with E-state index in [4.69, 9.17) is 5.26 Å². The zero-order valence-electron chi connectivity index (χ0n) is 12.0. The number of benzene rings is 1. The average Bonchev–Trinajstić information content (AvgIpc) is 2.55. The SMILES string of the molecule is N#CCNC(=O)[C@H]1CCCC[C@@H]1C(=S=O)c1ccc(Br)cc1. The Hall–Kier alpha value is -1.45. The van der Waals surface area contributed by atoms with Gasteiger partial charge in [0.25, 0.3) is 0 Å². The minimum Gasteiger partial charge on any atom is -0.343 e. The van der Waals surface area contributed by atoms with E-state index in [1.54, 1.807) is 0 Å². The quantitative estimate of drug-likeness (QED) is 0.495.